The van der Waals surface area contributed by atoms with Crippen LogP contribution in [-0.2, 0) is 10.0 Å². The van der Waals surface area contributed by atoms with Crippen molar-refractivity contribution >= 4 is 15.7 Å². The SMILES string of the molecule is CC1CCCC1c1nc(-c2ccc(NS(C)(=O)=O)cc2)no1. The number of rotatable bonds is 4. The predicted octanol–water partition coefficient (Wildman–Crippen LogP) is 3.01. The molecule has 1 N–H and O–H groups in total. The van der Waals surface area contributed by atoms with Crippen LogP contribution in [0.5, 0.6) is 0 Å². The fourth-order valence-corrected chi connectivity index (χ4v) is 3.48. The molecule has 2 aromatic rings. The van der Waals surface area contributed by atoms with Crippen molar-refractivity contribution in [3.05, 3.63) is 30.2 Å². The van der Waals surface area contributed by atoms with E-state index in [0.717, 1.165) is 18.2 Å². The maximum atomic E-state index is 11.2. The van der Waals surface area contributed by atoms with Crippen LogP contribution in [0.25, 0.3) is 11.4 Å². The lowest BCUT2D eigenvalue weighted by molar-refractivity contribution is 0.331. The van der Waals surface area contributed by atoms with E-state index in [1.165, 1.54) is 12.8 Å². The first kappa shape index (κ1) is 15.0. The Kier molecular flexibility index (Phi) is 3.90. The van der Waals surface area contributed by atoms with Gasteiger partial charge in [-0.25, -0.2) is 8.42 Å². The molecule has 1 fully saturated rings. The zero-order valence-corrected chi connectivity index (χ0v) is 13.4. The number of hydrogen-bond acceptors (Lipinski definition) is 5. The van der Waals surface area contributed by atoms with Gasteiger partial charge in [0.25, 0.3) is 0 Å². The molecule has 0 radical (unpaired) electrons. The van der Waals surface area contributed by atoms with E-state index in [1.807, 2.05) is 0 Å². The van der Waals surface area contributed by atoms with E-state index in [4.69, 9.17) is 4.52 Å². The molecule has 2 atom stereocenters. The molecule has 118 valence electrons. The molecule has 1 saturated carbocycles. The van der Waals surface area contributed by atoms with Crippen LogP contribution >= 0.6 is 0 Å². The second-order valence-corrected chi connectivity index (χ2v) is 7.67. The highest BCUT2D eigenvalue weighted by molar-refractivity contribution is 7.92. The standard InChI is InChI=1S/C15H19N3O3S/c1-10-4-3-5-13(10)15-16-14(17-21-15)11-6-8-12(9-7-11)18-22(2,19)20/h6-10,13,18H,3-5H2,1-2H3. The fraction of sp³-hybridized carbons (Fsp3) is 0.467. The van der Waals surface area contributed by atoms with Crippen molar-refractivity contribution < 1.29 is 12.9 Å². The summed E-state index contributed by atoms with van der Waals surface area (Å²) in [4.78, 5) is 4.50. The normalized spacial score (nSPS) is 21.9. The third kappa shape index (κ3) is 3.30. The molecule has 0 spiro atoms. The van der Waals surface area contributed by atoms with Crippen molar-refractivity contribution in [2.75, 3.05) is 11.0 Å². The zero-order chi connectivity index (χ0) is 15.7. The number of nitrogens with one attached hydrogen (secondary N) is 1. The first-order chi connectivity index (χ1) is 10.4. The van der Waals surface area contributed by atoms with Crippen molar-refractivity contribution in [3.8, 4) is 11.4 Å². The summed E-state index contributed by atoms with van der Waals surface area (Å²) in [6.45, 7) is 2.22. The summed E-state index contributed by atoms with van der Waals surface area (Å²) in [6.07, 6.45) is 4.62. The zero-order valence-electron chi connectivity index (χ0n) is 12.6. The molecule has 3 rings (SSSR count). The Morgan fingerprint density at radius 2 is 1.95 bits per heavy atom. The van der Waals surface area contributed by atoms with Gasteiger partial charge in [-0.15, -0.1) is 0 Å². The Balaban J connectivity index is 1.78. The average molecular weight is 321 g/mol. The monoisotopic (exact) mass is 321 g/mol. The molecule has 0 bridgehead atoms. The van der Waals surface area contributed by atoms with Crippen LogP contribution in [0.1, 0.15) is 38.0 Å². The lowest BCUT2D eigenvalue weighted by atomic mass is 9.98. The summed E-state index contributed by atoms with van der Waals surface area (Å²) in [5.41, 5.74) is 1.32. The second kappa shape index (κ2) is 5.72. The Bertz CT molecular complexity index is 753. The summed E-state index contributed by atoms with van der Waals surface area (Å²) >= 11 is 0. The number of nitrogens with zero attached hydrogens (tertiary/aromatic N) is 2. The van der Waals surface area contributed by atoms with E-state index >= 15 is 0 Å². The van der Waals surface area contributed by atoms with Crippen molar-refractivity contribution in [2.45, 2.75) is 32.1 Å². The molecule has 0 amide bonds. The van der Waals surface area contributed by atoms with Crippen LogP contribution in [0.3, 0.4) is 0 Å². The lowest BCUT2D eigenvalue weighted by Crippen LogP contribution is -2.09. The highest BCUT2D eigenvalue weighted by Gasteiger charge is 2.29. The van der Waals surface area contributed by atoms with Gasteiger partial charge in [-0.2, -0.15) is 4.98 Å². The minimum Gasteiger partial charge on any atom is -0.339 e. The quantitative estimate of drug-likeness (QED) is 0.935. The van der Waals surface area contributed by atoms with Crippen molar-refractivity contribution in [1.29, 1.82) is 0 Å². The molecule has 22 heavy (non-hydrogen) atoms. The van der Waals surface area contributed by atoms with E-state index in [9.17, 15) is 8.42 Å². The largest absolute Gasteiger partial charge is 0.339 e. The van der Waals surface area contributed by atoms with Gasteiger partial charge in [0.05, 0.1) is 6.26 Å². The molecule has 0 aliphatic heterocycles. The average Bonchev–Trinajstić information content (AvgIpc) is 3.06. The molecule has 2 unspecified atom stereocenters. The number of aromatic nitrogens is 2. The van der Waals surface area contributed by atoms with Gasteiger partial charge < -0.3 is 4.52 Å². The van der Waals surface area contributed by atoms with Crippen LogP contribution in [-0.4, -0.2) is 24.8 Å². The number of anilines is 1. The van der Waals surface area contributed by atoms with Gasteiger partial charge in [-0.3, -0.25) is 4.72 Å². The minimum atomic E-state index is -3.27. The Labute approximate surface area is 130 Å². The fourth-order valence-electron chi connectivity index (χ4n) is 2.92. The molecule has 1 aliphatic rings. The summed E-state index contributed by atoms with van der Waals surface area (Å²) in [5.74, 6) is 2.18. The first-order valence-corrected chi connectivity index (χ1v) is 9.23. The maximum absolute atomic E-state index is 11.2. The van der Waals surface area contributed by atoms with E-state index in [0.29, 0.717) is 29.2 Å². The number of sulfonamides is 1. The molecular formula is C15H19N3O3S. The Hall–Kier alpha value is -1.89. The van der Waals surface area contributed by atoms with Crippen molar-refractivity contribution in [1.82, 2.24) is 10.1 Å². The molecule has 0 saturated heterocycles. The van der Waals surface area contributed by atoms with Gasteiger partial charge in [0, 0.05) is 17.2 Å². The maximum Gasteiger partial charge on any atom is 0.230 e. The summed E-state index contributed by atoms with van der Waals surface area (Å²) in [7, 11) is -3.27. The molecule has 1 aliphatic carbocycles. The summed E-state index contributed by atoms with van der Waals surface area (Å²) in [5, 5.41) is 4.04. The first-order valence-electron chi connectivity index (χ1n) is 7.34. The van der Waals surface area contributed by atoms with Gasteiger partial charge in [0.1, 0.15) is 0 Å². The third-order valence-electron chi connectivity index (χ3n) is 4.07. The van der Waals surface area contributed by atoms with Gasteiger partial charge in [0.15, 0.2) is 0 Å². The van der Waals surface area contributed by atoms with E-state index < -0.39 is 10.0 Å². The second-order valence-electron chi connectivity index (χ2n) is 5.92. The minimum absolute atomic E-state index is 0.354. The van der Waals surface area contributed by atoms with Crippen LogP contribution in [0.15, 0.2) is 28.8 Å². The topological polar surface area (TPSA) is 85.1 Å². The smallest absolute Gasteiger partial charge is 0.230 e. The highest BCUT2D eigenvalue weighted by atomic mass is 32.2. The molecule has 7 heteroatoms. The van der Waals surface area contributed by atoms with E-state index in [1.54, 1.807) is 24.3 Å². The molecule has 1 aromatic carbocycles. The Morgan fingerprint density at radius 3 is 2.55 bits per heavy atom. The molecular weight excluding hydrogens is 302 g/mol. The summed E-state index contributed by atoms with van der Waals surface area (Å²) < 4.78 is 30.2. The van der Waals surface area contributed by atoms with Crippen molar-refractivity contribution in [3.63, 3.8) is 0 Å². The van der Waals surface area contributed by atoms with Gasteiger partial charge in [0.2, 0.25) is 21.7 Å². The van der Waals surface area contributed by atoms with Crippen LogP contribution in [0, 0.1) is 5.92 Å². The predicted molar refractivity (Wildman–Crippen MR) is 84.0 cm³/mol. The lowest BCUT2D eigenvalue weighted by Gasteiger charge is -2.08. The molecule has 6 nitrogen and oxygen atoms in total. The van der Waals surface area contributed by atoms with Gasteiger partial charge >= 0.3 is 0 Å². The molecule has 1 aromatic heterocycles. The third-order valence-corrected chi connectivity index (χ3v) is 4.67. The van der Waals surface area contributed by atoms with Crippen molar-refractivity contribution in [2.24, 2.45) is 5.92 Å². The van der Waals surface area contributed by atoms with E-state index in [2.05, 4.69) is 21.8 Å². The van der Waals surface area contributed by atoms with E-state index in [-0.39, 0.29) is 0 Å². The summed E-state index contributed by atoms with van der Waals surface area (Å²) in [6, 6.07) is 6.93. The van der Waals surface area contributed by atoms with Crippen LogP contribution in [0.4, 0.5) is 5.69 Å². The highest BCUT2D eigenvalue weighted by Crippen LogP contribution is 2.38. The number of benzene rings is 1. The molecule has 1 heterocycles. The van der Waals surface area contributed by atoms with Crippen LogP contribution < -0.4 is 4.72 Å². The van der Waals surface area contributed by atoms with Gasteiger partial charge in [-0.05, 0) is 43.0 Å². The number of hydrogen-bond donors (Lipinski definition) is 1. The van der Waals surface area contributed by atoms with Gasteiger partial charge in [-0.1, -0.05) is 18.5 Å². The Morgan fingerprint density at radius 1 is 1.23 bits per heavy atom. The van der Waals surface area contributed by atoms with Crippen LogP contribution in [0.2, 0.25) is 0 Å².